The molecule has 2 aromatic carbocycles. The van der Waals surface area contributed by atoms with Gasteiger partial charge in [0.05, 0.1) is 6.10 Å². The molecule has 4 fully saturated rings. The zero-order valence-corrected chi connectivity index (χ0v) is 25.3. The van der Waals surface area contributed by atoms with Crippen LogP contribution in [0, 0.1) is 46.3 Å². The van der Waals surface area contributed by atoms with Crippen molar-refractivity contribution in [3.8, 4) is 11.5 Å². The molecule has 0 radical (unpaired) electrons. The minimum Gasteiger partial charge on any atom is -0.490 e. The third-order valence-corrected chi connectivity index (χ3v) is 12.4. The first-order valence-corrected chi connectivity index (χ1v) is 16.3. The van der Waals surface area contributed by atoms with Crippen LogP contribution in [0.1, 0.15) is 91.9 Å². The van der Waals surface area contributed by atoms with Gasteiger partial charge >= 0.3 is 0 Å². The van der Waals surface area contributed by atoms with Crippen molar-refractivity contribution in [1.82, 2.24) is 0 Å². The topological polar surface area (TPSA) is 70.5 Å². The summed E-state index contributed by atoms with van der Waals surface area (Å²) in [7, 11) is 0. The van der Waals surface area contributed by atoms with E-state index in [0.29, 0.717) is 11.3 Å². The molecule has 4 nitrogen and oxygen atoms in total. The van der Waals surface area contributed by atoms with Crippen molar-refractivity contribution in [3.05, 3.63) is 48.5 Å². The Morgan fingerprint density at radius 3 is 2.12 bits per heavy atom. The van der Waals surface area contributed by atoms with Gasteiger partial charge in [0.15, 0.2) is 0 Å². The highest BCUT2D eigenvalue weighted by Crippen LogP contribution is 2.68. The van der Waals surface area contributed by atoms with Gasteiger partial charge in [-0.25, -0.2) is 0 Å². The van der Waals surface area contributed by atoms with Crippen molar-refractivity contribution in [2.24, 2.45) is 46.3 Å². The molecule has 4 N–H and O–H groups in total. The van der Waals surface area contributed by atoms with E-state index >= 15 is 0 Å². The molecular formula is C36H52N2O2. The molecular weight excluding hydrogens is 492 g/mol. The number of hydrogen-bond donors (Lipinski definition) is 2. The molecule has 40 heavy (non-hydrogen) atoms. The van der Waals surface area contributed by atoms with Gasteiger partial charge in [0.2, 0.25) is 0 Å². The zero-order valence-electron chi connectivity index (χ0n) is 25.3. The first-order chi connectivity index (χ1) is 19.2. The Morgan fingerprint density at radius 1 is 0.800 bits per heavy atom. The van der Waals surface area contributed by atoms with Crippen LogP contribution in [-0.2, 0) is 0 Å². The monoisotopic (exact) mass is 544 g/mol. The molecule has 2 aromatic rings. The van der Waals surface area contributed by atoms with Gasteiger partial charge in [-0.15, -0.1) is 0 Å². The zero-order chi connectivity index (χ0) is 28.1. The van der Waals surface area contributed by atoms with Crippen LogP contribution in [-0.4, -0.2) is 12.2 Å². The van der Waals surface area contributed by atoms with Crippen molar-refractivity contribution in [2.75, 3.05) is 11.5 Å². The Hall–Kier alpha value is -2.36. The van der Waals surface area contributed by atoms with Gasteiger partial charge in [-0.05, 0) is 116 Å². The molecule has 0 spiro atoms. The third-order valence-electron chi connectivity index (χ3n) is 12.4. The smallest absolute Gasteiger partial charge is 0.121 e. The summed E-state index contributed by atoms with van der Waals surface area (Å²) in [6.45, 7) is 10.2. The molecule has 3 unspecified atom stereocenters. The van der Waals surface area contributed by atoms with Crippen molar-refractivity contribution in [1.29, 1.82) is 0 Å². The van der Waals surface area contributed by atoms with Crippen molar-refractivity contribution in [2.45, 2.75) is 104 Å². The maximum atomic E-state index is 6.98. The van der Waals surface area contributed by atoms with Crippen molar-refractivity contribution in [3.63, 3.8) is 0 Å². The minimum atomic E-state index is 0.190. The molecule has 0 aliphatic heterocycles. The molecule has 4 saturated carbocycles. The fourth-order valence-corrected chi connectivity index (χ4v) is 10.6. The lowest BCUT2D eigenvalue weighted by Gasteiger charge is -2.63. The molecule has 0 saturated heterocycles. The SMILES string of the molecule is CCC[C@@H](C)[C@H]1CC[C@H]2[C@@H]3CC(Oc4cccc(N)c4)C4CC(Oc5cccc(N)c5)CC[C@]4(C)[C@H]3CC[C@]12C. The van der Waals surface area contributed by atoms with Gasteiger partial charge in [-0.3, -0.25) is 0 Å². The molecule has 0 bridgehead atoms. The number of fused-ring (bicyclic) bond motifs is 5. The summed E-state index contributed by atoms with van der Waals surface area (Å²) in [6, 6.07) is 16.0. The van der Waals surface area contributed by atoms with Crippen LogP contribution in [0.3, 0.4) is 0 Å². The summed E-state index contributed by atoms with van der Waals surface area (Å²) < 4.78 is 13.6. The Labute approximate surface area is 242 Å². The second-order valence-corrected chi connectivity index (χ2v) is 14.5. The Bertz CT molecular complexity index is 1180. The van der Waals surface area contributed by atoms with E-state index in [9.17, 15) is 0 Å². The highest BCUT2D eigenvalue weighted by atomic mass is 16.5. The highest BCUT2D eigenvalue weighted by molar-refractivity contribution is 5.44. The summed E-state index contributed by atoms with van der Waals surface area (Å²) in [6.07, 6.45) is 13.2. The predicted octanol–water partition coefficient (Wildman–Crippen LogP) is 8.75. The maximum absolute atomic E-state index is 6.98. The number of ether oxygens (including phenoxy) is 2. The Kier molecular flexibility index (Phi) is 7.51. The lowest BCUT2D eigenvalue weighted by molar-refractivity contribution is -0.164. The second-order valence-electron chi connectivity index (χ2n) is 14.5. The summed E-state index contributed by atoms with van der Waals surface area (Å²) in [4.78, 5) is 0. The summed E-state index contributed by atoms with van der Waals surface area (Å²) in [5, 5.41) is 0. The average Bonchev–Trinajstić information content (AvgIpc) is 3.27. The highest BCUT2D eigenvalue weighted by Gasteiger charge is 2.63. The summed E-state index contributed by atoms with van der Waals surface area (Å²) in [5.74, 6) is 6.34. The van der Waals surface area contributed by atoms with E-state index in [4.69, 9.17) is 20.9 Å². The van der Waals surface area contributed by atoms with Gasteiger partial charge < -0.3 is 20.9 Å². The van der Waals surface area contributed by atoms with Gasteiger partial charge in [-0.1, -0.05) is 52.7 Å². The normalized spacial score (nSPS) is 39.5. The fourth-order valence-electron chi connectivity index (χ4n) is 10.6. The molecule has 0 aromatic heterocycles. The quantitative estimate of drug-likeness (QED) is 0.342. The molecule has 0 heterocycles. The van der Waals surface area contributed by atoms with Crippen LogP contribution in [0.25, 0.3) is 0 Å². The molecule has 10 atom stereocenters. The first-order valence-electron chi connectivity index (χ1n) is 16.3. The van der Waals surface area contributed by atoms with Crippen LogP contribution in [0.2, 0.25) is 0 Å². The molecule has 6 rings (SSSR count). The molecule has 4 aliphatic rings. The number of nitrogens with two attached hydrogens (primary N) is 2. The van der Waals surface area contributed by atoms with E-state index in [-0.39, 0.29) is 17.6 Å². The Balaban J connectivity index is 1.29. The van der Waals surface area contributed by atoms with E-state index in [1.165, 1.54) is 51.4 Å². The van der Waals surface area contributed by atoms with E-state index in [1.807, 2.05) is 42.5 Å². The predicted molar refractivity (Wildman–Crippen MR) is 165 cm³/mol. The molecule has 4 heteroatoms. The number of rotatable bonds is 7. The van der Waals surface area contributed by atoms with E-state index in [0.717, 1.165) is 65.3 Å². The largest absolute Gasteiger partial charge is 0.490 e. The van der Waals surface area contributed by atoms with Crippen molar-refractivity contribution >= 4 is 11.4 Å². The number of anilines is 2. The van der Waals surface area contributed by atoms with Crippen LogP contribution >= 0.6 is 0 Å². The van der Waals surface area contributed by atoms with Crippen LogP contribution < -0.4 is 20.9 Å². The average molecular weight is 545 g/mol. The first kappa shape index (κ1) is 27.8. The molecule has 218 valence electrons. The maximum Gasteiger partial charge on any atom is 0.121 e. The minimum absolute atomic E-state index is 0.190. The summed E-state index contributed by atoms with van der Waals surface area (Å²) >= 11 is 0. The second kappa shape index (κ2) is 10.8. The molecule has 4 aliphatic carbocycles. The lowest BCUT2D eigenvalue weighted by atomic mass is 9.43. The number of nitrogen functional groups attached to an aromatic ring is 2. The third kappa shape index (κ3) is 4.88. The van der Waals surface area contributed by atoms with Gasteiger partial charge in [-0.2, -0.15) is 0 Å². The van der Waals surface area contributed by atoms with E-state index in [2.05, 4.69) is 33.8 Å². The summed E-state index contributed by atoms with van der Waals surface area (Å²) in [5.41, 5.74) is 14.6. The number of benzene rings is 2. The van der Waals surface area contributed by atoms with Gasteiger partial charge in [0.1, 0.15) is 17.6 Å². The van der Waals surface area contributed by atoms with E-state index < -0.39 is 0 Å². The molecule has 0 amide bonds. The van der Waals surface area contributed by atoms with Crippen LogP contribution in [0.5, 0.6) is 11.5 Å². The van der Waals surface area contributed by atoms with Crippen LogP contribution in [0.15, 0.2) is 48.5 Å². The van der Waals surface area contributed by atoms with Gasteiger partial charge in [0, 0.05) is 29.4 Å². The standard InChI is InChI=1S/C36H52N2O2/c1-5-8-23(2)30-13-14-31-29-22-34(40-27-12-7-10-25(38)20-27)33-21-28(39-26-11-6-9-24(37)19-26)15-17-36(33,4)32(29)16-18-35(30,31)3/h6-7,9-12,19-20,23,28-34H,5,8,13-18,21-22,37-38H2,1-4H3/t23-,28?,29+,30-,31+,32+,33?,34?,35-,36-/m1/s1. The fraction of sp³-hybridized carbons (Fsp3) is 0.667. The van der Waals surface area contributed by atoms with Gasteiger partial charge in [0.25, 0.3) is 0 Å². The van der Waals surface area contributed by atoms with Crippen LogP contribution in [0.4, 0.5) is 11.4 Å². The Morgan fingerprint density at radius 2 is 1.45 bits per heavy atom. The number of hydrogen-bond acceptors (Lipinski definition) is 4. The lowest BCUT2D eigenvalue weighted by Crippen LogP contribution is -2.59. The van der Waals surface area contributed by atoms with E-state index in [1.54, 1.807) is 0 Å². The van der Waals surface area contributed by atoms with Crippen molar-refractivity contribution < 1.29 is 9.47 Å².